The van der Waals surface area contributed by atoms with Crippen LogP contribution in [0.3, 0.4) is 0 Å². The summed E-state index contributed by atoms with van der Waals surface area (Å²) < 4.78 is 5.60. The van der Waals surface area contributed by atoms with E-state index in [9.17, 15) is 14.4 Å². The van der Waals surface area contributed by atoms with Gasteiger partial charge in [-0.15, -0.1) is 11.3 Å². The predicted molar refractivity (Wildman–Crippen MR) is 123 cm³/mol. The molecular formula is C24H23N3O4S. The topological polar surface area (TPSA) is 88.6 Å². The fraction of sp³-hybridized carbons (Fsp3) is 0.250. The first-order valence-corrected chi connectivity index (χ1v) is 11.3. The number of likely N-dealkylation sites (tertiary alicyclic amines) is 1. The molecule has 0 spiro atoms. The number of rotatable bonds is 8. The molecule has 0 bridgehead atoms. The number of benzene rings is 2. The molecule has 1 N–H and O–H groups in total. The van der Waals surface area contributed by atoms with Gasteiger partial charge < -0.3 is 4.74 Å². The van der Waals surface area contributed by atoms with Crippen molar-refractivity contribution in [2.45, 2.75) is 32.7 Å². The maximum Gasteiger partial charge on any atom is 0.257 e. The van der Waals surface area contributed by atoms with Crippen molar-refractivity contribution in [2.24, 2.45) is 0 Å². The lowest BCUT2D eigenvalue weighted by Gasteiger charge is -2.13. The number of imide groups is 1. The van der Waals surface area contributed by atoms with Gasteiger partial charge in [0.05, 0.1) is 18.8 Å². The fourth-order valence-electron chi connectivity index (χ4n) is 3.32. The van der Waals surface area contributed by atoms with Gasteiger partial charge in [0.15, 0.2) is 5.13 Å². The Hall–Kier alpha value is -3.52. The van der Waals surface area contributed by atoms with Crippen LogP contribution in [0.15, 0.2) is 53.9 Å². The predicted octanol–water partition coefficient (Wildman–Crippen LogP) is 4.50. The number of hydrogen-bond donors (Lipinski definition) is 1. The first kappa shape index (κ1) is 21.7. The lowest BCUT2D eigenvalue weighted by atomic mass is 10.1. The summed E-state index contributed by atoms with van der Waals surface area (Å²) in [7, 11) is 0. The first-order valence-electron chi connectivity index (χ1n) is 10.5. The normalized spacial score (nSPS) is 13.5. The second kappa shape index (κ2) is 9.74. The zero-order valence-electron chi connectivity index (χ0n) is 17.7. The second-order valence-electron chi connectivity index (χ2n) is 7.44. The smallest absolute Gasteiger partial charge is 0.257 e. The van der Waals surface area contributed by atoms with Crippen molar-refractivity contribution in [3.63, 3.8) is 0 Å². The molecule has 7 nitrogen and oxygen atoms in total. The molecule has 3 aromatic rings. The molecule has 0 aliphatic carbocycles. The van der Waals surface area contributed by atoms with Gasteiger partial charge in [-0.25, -0.2) is 4.98 Å². The number of aromatic nitrogens is 1. The van der Waals surface area contributed by atoms with Gasteiger partial charge in [-0.05, 0) is 48.4 Å². The summed E-state index contributed by atoms with van der Waals surface area (Å²) in [5, 5.41) is 5.22. The van der Waals surface area contributed by atoms with Crippen molar-refractivity contribution >= 4 is 34.2 Å². The van der Waals surface area contributed by atoms with Gasteiger partial charge in [0.25, 0.3) is 5.91 Å². The minimum absolute atomic E-state index is 0.153. The maximum absolute atomic E-state index is 12.6. The van der Waals surface area contributed by atoms with E-state index in [1.54, 1.807) is 24.3 Å². The minimum Gasteiger partial charge on any atom is -0.494 e. The number of anilines is 1. The van der Waals surface area contributed by atoms with Crippen LogP contribution >= 0.6 is 11.3 Å². The largest absolute Gasteiger partial charge is 0.494 e. The Morgan fingerprint density at radius 3 is 2.41 bits per heavy atom. The van der Waals surface area contributed by atoms with E-state index in [2.05, 4.69) is 17.2 Å². The third-order valence-corrected chi connectivity index (χ3v) is 5.82. The molecule has 1 aromatic heterocycles. The molecule has 1 aliphatic rings. The van der Waals surface area contributed by atoms with Gasteiger partial charge in [-0.1, -0.05) is 19.1 Å². The van der Waals surface area contributed by atoms with E-state index in [0.717, 1.165) is 29.0 Å². The molecule has 0 saturated carbocycles. The molecule has 1 fully saturated rings. The van der Waals surface area contributed by atoms with E-state index >= 15 is 0 Å². The number of nitrogens with zero attached hydrogens (tertiary/aromatic N) is 2. The van der Waals surface area contributed by atoms with E-state index in [4.69, 9.17) is 4.74 Å². The summed E-state index contributed by atoms with van der Waals surface area (Å²) >= 11 is 1.35. The third-order valence-electron chi connectivity index (χ3n) is 5.06. The van der Waals surface area contributed by atoms with Gasteiger partial charge in [0.2, 0.25) is 11.8 Å². The van der Waals surface area contributed by atoms with Crippen LogP contribution in [0.2, 0.25) is 0 Å². The average molecular weight is 450 g/mol. The molecule has 2 heterocycles. The van der Waals surface area contributed by atoms with Crippen LogP contribution in [0.4, 0.5) is 5.13 Å². The monoisotopic (exact) mass is 449 g/mol. The number of nitrogens with one attached hydrogen (secondary N) is 1. The third kappa shape index (κ3) is 5.03. The Labute approximate surface area is 190 Å². The van der Waals surface area contributed by atoms with Crippen molar-refractivity contribution in [3.8, 4) is 17.0 Å². The van der Waals surface area contributed by atoms with E-state index < -0.39 is 0 Å². The molecule has 1 saturated heterocycles. The van der Waals surface area contributed by atoms with Crippen molar-refractivity contribution in [1.29, 1.82) is 0 Å². The Morgan fingerprint density at radius 2 is 1.75 bits per heavy atom. The molecule has 4 rings (SSSR count). The molecule has 8 heteroatoms. The number of thiazole rings is 1. The number of ether oxygens (including phenoxy) is 1. The zero-order chi connectivity index (χ0) is 22.5. The van der Waals surface area contributed by atoms with Gasteiger partial charge >= 0.3 is 0 Å². The highest BCUT2D eigenvalue weighted by Crippen LogP contribution is 2.27. The molecule has 2 aromatic carbocycles. The number of amides is 3. The van der Waals surface area contributed by atoms with Crippen LogP contribution in [-0.4, -0.2) is 34.2 Å². The quantitative estimate of drug-likeness (QED) is 0.512. The van der Waals surface area contributed by atoms with E-state index in [-0.39, 0.29) is 37.1 Å². The summed E-state index contributed by atoms with van der Waals surface area (Å²) in [5.41, 5.74) is 3.00. The summed E-state index contributed by atoms with van der Waals surface area (Å²) in [6.07, 6.45) is 1.50. The lowest BCUT2D eigenvalue weighted by molar-refractivity contribution is -0.139. The zero-order valence-corrected chi connectivity index (χ0v) is 18.5. The summed E-state index contributed by atoms with van der Waals surface area (Å²) in [6.45, 7) is 2.98. The molecule has 0 unspecified atom stereocenters. The second-order valence-corrected chi connectivity index (χ2v) is 8.29. The first-order chi connectivity index (χ1) is 15.5. The van der Waals surface area contributed by atoms with Crippen molar-refractivity contribution in [3.05, 3.63) is 65.0 Å². The van der Waals surface area contributed by atoms with Gasteiger partial charge in [-0.3, -0.25) is 24.6 Å². The SMILES string of the molecule is CCCOc1ccc(-c2csc(NC(=O)c3ccc(CN4C(=O)CCC4=O)cc3)n2)cc1. The number of carbonyl (C=O) groups excluding carboxylic acids is 3. The van der Waals surface area contributed by atoms with Gasteiger partial charge in [0.1, 0.15) is 5.75 Å². The molecule has 32 heavy (non-hydrogen) atoms. The molecule has 1 aliphatic heterocycles. The Kier molecular flexibility index (Phi) is 6.61. The Balaban J connectivity index is 1.36. The van der Waals surface area contributed by atoms with Crippen LogP contribution in [0, 0.1) is 0 Å². The van der Waals surface area contributed by atoms with Gasteiger partial charge in [0, 0.05) is 29.3 Å². The molecule has 164 valence electrons. The fourth-order valence-corrected chi connectivity index (χ4v) is 4.03. The number of hydrogen-bond acceptors (Lipinski definition) is 6. The summed E-state index contributed by atoms with van der Waals surface area (Å²) in [6, 6.07) is 14.6. The van der Waals surface area contributed by atoms with E-state index in [1.165, 1.54) is 16.2 Å². The Bertz CT molecular complexity index is 1110. The van der Waals surface area contributed by atoms with Crippen LogP contribution in [0.5, 0.6) is 5.75 Å². The van der Waals surface area contributed by atoms with Crippen LogP contribution in [0.25, 0.3) is 11.3 Å². The van der Waals surface area contributed by atoms with Crippen LogP contribution in [-0.2, 0) is 16.1 Å². The van der Waals surface area contributed by atoms with Crippen LogP contribution < -0.4 is 10.1 Å². The average Bonchev–Trinajstić information content (AvgIpc) is 3.40. The lowest BCUT2D eigenvalue weighted by Crippen LogP contribution is -2.28. The number of carbonyl (C=O) groups is 3. The van der Waals surface area contributed by atoms with Crippen molar-refractivity contribution < 1.29 is 19.1 Å². The summed E-state index contributed by atoms with van der Waals surface area (Å²) in [4.78, 5) is 41.9. The standard InChI is InChI=1S/C24H23N3O4S/c1-2-13-31-19-9-7-17(8-10-19)20-15-32-24(25-20)26-23(30)18-5-3-16(4-6-18)14-27-21(28)11-12-22(27)29/h3-10,15H,2,11-14H2,1H3,(H,25,26,30). The van der Waals surface area contributed by atoms with Gasteiger partial charge in [-0.2, -0.15) is 0 Å². The summed E-state index contributed by atoms with van der Waals surface area (Å²) in [5.74, 6) is 0.245. The van der Waals surface area contributed by atoms with E-state index in [0.29, 0.717) is 17.3 Å². The Morgan fingerprint density at radius 1 is 1.06 bits per heavy atom. The highest BCUT2D eigenvalue weighted by molar-refractivity contribution is 7.14. The molecule has 0 atom stereocenters. The highest BCUT2D eigenvalue weighted by Gasteiger charge is 2.28. The molecular weight excluding hydrogens is 426 g/mol. The van der Waals surface area contributed by atoms with Crippen molar-refractivity contribution in [1.82, 2.24) is 9.88 Å². The van der Waals surface area contributed by atoms with E-state index in [1.807, 2.05) is 29.6 Å². The molecule has 0 radical (unpaired) electrons. The minimum atomic E-state index is -0.269. The maximum atomic E-state index is 12.6. The molecule has 3 amide bonds. The van der Waals surface area contributed by atoms with Crippen LogP contribution in [0.1, 0.15) is 42.1 Å². The highest BCUT2D eigenvalue weighted by atomic mass is 32.1. The van der Waals surface area contributed by atoms with Crippen molar-refractivity contribution in [2.75, 3.05) is 11.9 Å².